The monoisotopic (exact) mass is 650 g/mol. The molecule has 9 aromatic carbocycles. The van der Waals surface area contributed by atoms with Crippen LogP contribution in [-0.4, -0.2) is 0 Å². The van der Waals surface area contributed by atoms with Crippen molar-refractivity contribution in [3.63, 3.8) is 0 Å². The van der Waals surface area contributed by atoms with E-state index in [1.165, 1.54) is 43.6 Å². The third kappa shape index (κ3) is 3.62. The number of fused-ring (bicyclic) bond motifs is 14. The molecule has 0 spiro atoms. The average Bonchev–Trinajstić information content (AvgIpc) is 3.88. The van der Waals surface area contributed by atoms with Gasteiger partial charge in [-0.2, -0.15) is 0 Å². The van der Waals surface area contributed by atoms with Crippen molar-refractivity contribution in [3.8, 4) is 22.3 Å². The van der Waals surface area contributed by atoms with E-state index in [1.807, 2.05) is 12.1 Å². The van der Waals surface area contributed by atoms with Crippen molar-refractivity contribution in [3.05, 3.63) is 158 Å². The minimum Gasteiger partial charge on any atom is -0.456 e. The molecule has 236 valence electrons. The van der Waals surface area contributed by atoms with Crippen molar-refractivity contribution in [2.45, 2.75) is 0 Å². The molecule has 0 N–H and O–H groups in total. The molecule has 3 heteroatoms. The number of para-hydroxylation sites is 1. The predicted octanol–water partition coefficient (Wildman–Crippen LogP) is 14.2. The Morgan fingerprint density at radius 3 is 1.67 bits per heavy atom. The first kappa shape index (κ1) is 27.0. The maximum atomic E-state index is 6.72. The molecule has 0 fully saturated rings. The zero-order valence-corrected chi connectivity index (χ0v) is 27.2. The Balaban J connectivity index is 1.13. The molecule has 3 heterocycles. The van der Waals surface area contributed by atoms with Gasteiger partial charge in [0.05, 0.1) is 5.39 Å². The van der Waals surface area contributed by atoms with Crippen molar-refractivity contribution in [2.24, 2.45) is 0 Å². The molecule has 0 aliphatic rings. The fourth-order valence-corrected chi connectivity index (χ4v) is 8.69. The first-order valence-electron chi connectivity index (χ1n) is 17.3. The summed E-state index contributed by atoms with van der Waals surface area (Å²) < 4.78 is 19.7. The second kappa shape index (κ2) is 9.87. The van der Waals surface area contributed by atoms with Crippen LogP contribution < -0.4 is 0 Å². The van der Waals surface area contributed by atoms with Gasteiger partial charge in [-0.1, -0.05) is 115 Å². The van der Waals surface area contributed by atoms with Gasteiger partial charge in [-0.25, -0.2) is 0 Å². The summed E-state index contributed by atoms with van der Waals surface area (Å²) in [4.78, 5) is 0. The molecule has 51 heavy (non-hydrogen) atoms. The number of furan rings is 3. The van der Waals surface area contributed by atoms with E-state index >= 15 is 0 Å². The van der Waals surface area contributed by atoms with Crippen LogP contribution in [0.1, 0.15) is 0 Å². The molecule has 0 amide bonds. The minimum absolute atomic E-state index is 0.823. The first-order chi connectivity index (χ1) is 25.3. The third-order valence-corrected chi connectivity index (χ3v) is 10.9. The van der Waals surface area contributed by atoms with E-state index in [9.17, 15) is 0 Å². The first-order valence-corrected chi connectivity index (χ1v) is 17.3. The van der Waals surface area contributed by atoms with Crippen molar-refractivity contribution < 1.29 is 13.3 Å². The lowest BCUT2D eigenvalue weighted by atomic mass is 9.85. The molecular formula is C48H26O3. The molecule has 0 radical (unpaired) electrons. The van der Waals surface area contributed by atoms with Gasteiger partial charge < -0.3 is 13.3 Å². The molecule has 0 aliphatic carbocycles. The van der Waals surface area contributed by atoms with E-state index in [2.05, 4.69) is 146 Å². The van der Waals surface area contributed by atoms with Crippen LogP contribution in [0.5, 0.6) is 0 Å². The van der Waals surface area contributed by atoms with Crippen LogP contribution in [0.25, 0.3) is 120 Å². The van der Waals surface area contributed by atoms with Crippen LogP contribution in [-0.2, 0) is 0 Å². The number of hydrogen-bond acceptors (Lipinski definition) is 3. The van der Waals surface area contributed by atoms with Gasteiger partial charge in [0.1, 0.15) is 33.5 Å². The Morgan fingerprint density at radius 2 is 0.863 bits per heavy atom. The highest BCUT2D eigenvalue weighted by molar-refractivity contribution is 6.27. The smallest absolute Gasteiger partial charge is 0.147 e. The van der Waals surface area contributed by atoms with Crippen LogP contribution in [0, 0.1) is 0 Å². The quantitative estimate of drug-likeness (QED) is 0.175. The second-order valence-corrected chi connectivity index (χ2v) is 13.5. The van der Waals surface area contributed by atoms with Crippen molar-refractivity contribution in [2.75, 3.05) is 0 Å². The van der Waals surface area contributed by atoms with Gasteiger partial charge in [-0.15, -0.1) is 0 Å². The number of hydrogen-bond donors (Lipinski definition) is 0. The summed E-state index contributed by atoms with van der Waals surface area (Å²) in [6, 6.07) is 55.9. The molecule has 3 aromatic heterocycles. The van der Waals surface area contributed by atoms with Crippen LogP contribution in [0.15, 0.2) is 171 Å². The van der Waals surface area contributed by atoms with E-state index in [0.29, 0.717) is 0 Å². The fourth-order valence-electron chi connectivity index (χ4n) is 8.69. The van der Waals surface area contributed by atoms with Gasteiger partial charge >= 0.3 is 0 Å². The van der Waals surface area contributed by atoms with Crippen molar-refractivity contribution in [1.29, 1.82) is 0 Å². The zero-order chi connectivity index (χ0) is 33.2. The van der Waals surface area contributed by atoms with E-state index in [0.717, 1.165) is 76.8 Å². The maximum Gasteiger partial charge on any atom is 0.147 e. The molecule has 12 rings (SSSR count). The third-order valence-electron chi connectivity index (χ3n) is 10.9. The van der Waals surface area contributed by atoms with Crippen molar-refractivity contribution >= 4 is 98.1 Å². The van der Waals surface area contributed by atoms with Gasteiger partial charge in [-0.05, 0) is 91.6 Å². The van der Waals surface area contributed by atoms with Crippen LogP contribution in [0.2, 0.25) is 0 Å². The SMILES string of the molecule is c1ccc2c(c1)ccc1c3ccc4oc5cc(-c6c7ccccc7c(-c7cccc8oc9ccccc9c78)c7ccccc67)ccc5c4c3oc21. The zero-order valence-electron chi connectivity index (χ0n) is 27.2. The molecule has 0 saturated carbocycles. The normalized spacial score (nSPS) is 12.3. The van der Waals surface area contributed by atoms with E-state index in [4.69, 9.17) is 13.3 Å². The Labute approximate surface area is 290 Å². The van der Waals surface area contributed by atoms with E-state index in [-0.39, 0.29) is 0 Å². The maximum absolute atomic E-state index is 6.72. The average molecular weight is 651 g/mol. The molecule has 0 aliphatic heterocycles. The van der Waals surface area contributed by atoms with Gasteiger partial charge in [0.25, 0.3) is 0 Å². The lowest BCUT2D eigenvalue weighted by Crippen LogP contribution is -1.91. The second-order valence-electron chi connectivity index (χ2n) is 13.5. The number of rotatable bonds is 2. The summed E-state index contributed by atoms with van der Waals surface area (Å²) in [5.41, 5.74) is 9.93. The van der Waals surface area contributed by atoms with E-state index < -0.39 is 0 Å². The summed E-state index contributed by atoms with van der Waals surface area (Å²) in [6.07, 6.45) is 0. The van der Waals surface area contributed by atoms with Crippen LogP contribution in [0.4, 0.5) is 0 Å². The predicted molar refractivity (Wildman–Crippen MR) is 212 cm³/mol. The fraction of sp³-hybridized carbons (Fsp3) is 0. The molecule has 3 nitrogen and oxygen atoms in total. The van der Waals surface area contributed by atoms with Gasteiger partial charge in [0, 0.05) is 32.3 Å². The Kier molecular flexibility index (Phi) is 5.23. The summed E-state index contributed by atoms with van der Waals surface area (Å²) in [7, 11) is 0. The van der Waals surface area contributed by atoms with Crippen molar-refractivity contribution in [1.82, 2.24) is 0 Å². The van der Waals surface area contributed by atoms with Gasteiger partial charge in [-0.3, -0.25) is 0 Å². The standard InChI is InChI=1S/C48H26O3/c1-2-11-29-27(10-1)20-22-34-35-24-25-41-46(48(35)51-47(29)34)37-23-21-28(26-42(37)50-41)43-30-12-3-5-14-32(30)44(33-15-6-4-13-31(33)43)38-17-9-19-40-45(38)36-16-7-8-18-39(36)49-40/h1-26H. The lowest BCUT2D eigenvalue weighted by Gasteiger charge is -2.18. The largest absolute Gasteiger partial charge is 0.456 e. The lowest BCUT2D eigenvalue weighted by molar-refractivity contribution is 0.664. The van der Waals surface area contributed by atoms with Gasteiger partial charge in [0.2, 0.25) is 0 Å². The minimum atomic E-state index is 0.823. The summed E-state index contributed by atoms with van der Waals surface area (Å²) in [6.45, 7) is 0. The topological polar surface area (TPSA) is 39.4 Å². The molecule has 12 aromatic rings. The Bertz CT molecular complexity index is 3370. The van der Waals surface area contributed by atoms with Crippen LogP contribution in [0.3, 0.4) is 0 Å². The van der Waals surface area contributed by atoms with E-state index in [1.54, 1.807) is 0 Å². The molecule has 0 bridgehead atoms. The summed E-state index contributed by atoms with van der Waals surface area (Å²) in [5, 5.41) is 13.6. The summed E-state index contributed by atoms with van der Waals surface area (Å²) in [5.74, 6) is 0. The highest BCUT2D eigenvalue weighted by atomic mass is 16.3. The van der Waals surface area contributed by atoms with Gasteiger partial charge in [0.15, 0.2) is 0 Å². The highest BCUT2D eigenvalue weighted by Gasteiger charge is 2.22. The molecule has 0 unspecified atom stereocenters. The molecule has 0 saturated heterocycles. The molecular weight excluding hydrogens is 625 g/mol. The number of benzene rings is 9. The highest BCUT2D eigenvalue weighted by Crippen LogP contribution is 2.48. The Morgan fingerprint density at radius 1 is 0.294 bits per heavy atom. The molecule has 0 atom stereocenters. The van der Waals surface area contributed by atoms with Crippen LogP contribution >= 0.6 is 0 Å². The summed E-state index contributed by atoms with van der Waals surface area (Å²) >= 11 is 0. The Hall–Kier alpha value is -6.84.